The zero-order valence-corrected chi connectivity index (χ0v) is 13.5. The summed E-state index contributed by atoms with van der Waals surface area (Å²) in [6, 6.07) is 8.30. The Morgan fingerprint density at radius 1 is 1.14 bits per heavy atom. The summed E-state index contributed by atoms with van der Waals surface area (Å²) in [6.07, 6.45) is 4.29. The summed E-state index contributed by atoms with van der Waals surface area (Å²) >= 11 is 0. The van der Waals surface area contributed by atoms with Gasteiger partial charge in [0.05, 0.1) is 13.2 Å². The van der Waals surface area contributed by atoms with E-state index in [-0.39, 0.29) is 5.41 Å². The average molecular weight is 289 g/mol. The fourth-order valence-electron chi connectivity index (χ4n) is 2.43. The van der Waals surface area contributed by atoms with Crippen LogP contribution in [0.15, 0.2) is 36.4 Å². The topological polar surface area (TPSA) is 21.7 Å². The van der Waals surface area contributed by atoms with Crippen LogP contribution in [0.25, 0.3) is 0 Å². The van der Waals surface area contributed by atoms with Gasteiger partial charge in [-0.1, -0.05) is 51.1 Å². The van der Waals surface area contributed by atoms with Gasteiger partial charge in [0.2, 0.25) is 0 Å². The number of morpholine rings is 1. The van der Waals surface area contributed by atoms with Crippen LogP contribution in [0.2, 0.25) is 0 Å². The summed E-state index contributed by atoms with van der Waals surface area (Å²) in [4.78, 5) is 2.39. The molecule has 0 aromatic heterocycles. The first-order valence-corrected chi connectivity index (χ1v) is 7.75. The molecular formula is C18H27NO2. The molecule has 3 heteroatoms. The SMILES string of the molecule is CC(C)(C)c1ccccc1OCC=CCN1CCOCC1. The summed E-state index contributed by atoms with van der Waals surface area (Å²) in [6.45, 7) is 12.0. The third kappa shape index (κ3) is 5.18. The highest BCUT2D eigenvalue weighted by atomic mass is 16.5. The van der Waals surface area contributed by atoms with E-state index in [2.05, 4.69) is 56.0 Å². The van der Waals surface area contributed by atoms with Crippen LogP contribution >= 0.6 is 0 Å². The Balaban J connectivity index is 1.80. The largest absolute Gasteiger partial charge is 0.489 e. The number of hydrogen-bond acceptors (Lipinski definition) is 3. The summed E-state index contributed by atoms with van der Waals surface area (Å²) in [5, 5.41) is 0. The summed E-state index contributed by atoms with van der Waals surface area (Å²) in [7, 11) is 0. The maximum absolute atomic E-state index is 5.92. The molecule has 0 bridgehead atoms. The standard InChI is InChI=1S/C18H27NO2/c1-18(2,3)16-8-4-5-9-17(16)21-13-7-6-10-19-11-14-20-15-12-19/h4-9H,10-15H2,1-3H3. The lowest BCUT2D eigenvalue weighted by Crippen LogP contribution is -2.36. The molecule has 0 amide bonds. The Hall–Kier alpha value is -1.32. The van der Waals surface area contributed by atoms with Crippen molar-refractivity contribution in [2.24, 2.45) is 0 Å². The predicted octanol–water partition coefficient (Wildman–Crippen LogP) is 3.25. The summed E-state index contributed by atoms with van der Waals surface area (Å²) < 4.78 is 11.3. The maximum Gasteiger partial charge on any atom is 0.123 e. The molecule has 0 unspecified atom stereocenters. The van der Waals surface area contributed by atoms with Gasteiger partial charge in [0.15, 0.2) is 0 Å². The minimum atomic E-state index is 0.105. The van der Waals surface area contributed by atoms with Gasteiger partial charge in [0.1, 0.15) is 12.4 Å². The van der Waals surface area contributed by atoms with Crippen molar-refractivity contribution < 1.29 is 9.47 Å². The lowest BCUT2D eigenvalue weighted by molar-refractivity contribution is 0.0434. The van der Waals surface area contributed by atoms with Gasteiger partial charge in [-0.25, -0.2) is 0 Å². The molecule has 1 aliphatic rings. The molecule has 2 rings (SSSR count). The number of hydrogen-bond donors (Lipinski definition) is 0. The van der Waals surface area contributed by atoms with E-state index in [0.29, 0.717) is 6.61 Å². The Morgan fingerprint density at radius 3 is 2.57 bits per heavy atom. The second-order valence-corrected chi connectivity index (χ2v) is 6.44. The lowest BCUT2D eigenvalue weighted by atomic mass is 9.86. The monoisotopic (exact) mass is 289 g/mol. The molecule has 116 valence electrons. The first-order valence-electron chi connectivity index (χ1n) is 7.75. The van der Waals surface area contributed by atoms with Crippen molar-refractivity contribution >= 4 is 0 Å². The van der Waals surface area contributed by atoms with E-state index in [9.17, 15) is 0 Å². The van der Waals surface area contributed by atoms with Gasteiger partial charge >= 0.3 is 0 Å². The molecule has 0 atom stereocenters. The molecule has 1 aliphatic heterocycles. The molecule has 1 saturated heterocycles. The molecule has 0 spiro atoms. The Bertz CT molecular complexity index is 457. The van der Waals surface area contributed by atoms with E-state index in [1.807, 2.05) is 6.07 Å². The van der Waals surface area contributed by atoms with Crippen LogP contribution < -0.4 is 4.74 Å². The molecule has 21 heavy (non-hydrogen) atoms. The zero-order chi connectivity index (χ0) is 15.1. The predicted molar refractivity (Wildman–Crippen MR) is 87.0 cm³/mol. The highest BCUT2D eigenvalue weighted by Crippen LogP contribution is 2.30. The van der Waals surface area contributed by atoms with Crippen LogP contribution in [0.3, 0.4) is 0 Å². The first kappa shape index (κ1) is 16.1. The number of nitrogens with zero attached hydrogens (tertiary/aromatic N) is 1. The van der Waals surface area contributed by atoms with Gasteiger partial charge in [-0.05, 0) is 17.0 Å². The smallest absolute Gasteiger partial charge is 0.123 e. The molecular weight excluding hydrogens is 262 g/mol. The molecule has 1 aromatic carbocycles. The minimum absolute atomic E-state index is 0.105. The molecule has 0 radical (unpaired) electrons. The van der Waals surface area contributed by atoms with Gasteiger partial charge in [-0.15, -0.1) is 0 Å². The minimum Gasteiger partial charge on any atom is -0.489 e. The normalized spacial score (nSPS) is 17.3. The van der Waals surface area contributed by atoms with E-state index in [0.717, 1.165) is 38.6 Å². The van der Waals surface area contributed by atoms with Crippen molar-refractivity contribution in [2.75, 3.05) is 39.5 Å². The van der Waals surface area contributed by atoms with Gasteiger partial charge in [-0.2, -0.15) is 0 Å². The fraction of sp³-hybridized carbons (Fsp3) is 0.556. The quantitative estimate of drug-likeness (QED) is 0.777. The van der Waals surface area contributed by atoms with Gasteiger partial charge in [-0.3, -0.25) is 4.90 Å². The van der Waals surface area contributed by atoms with Crippen LogP contribution in [-0.4, -0.2) is 44.4 Å². The van der Waals surface area contributed by atoms with Crippen molar-refractivity contribution in [1.82, 2.24) is 4.90 Å². The van der Waals surface area contributed by atoms with Gasteiger partial charge in [0.25, 0.3) is 0 Å². The van der Waals surface area contributed by atoms with Gasteiger partial charge in [0, 0.05) is 19.6 Å². The van der Waals surface area contributed by atoms with Crippen molar-refractivity contribution in [3.63, 3.8) is 0 Å². The fourth-order valence-corrected chi connectivity index (χ4v) is 2.43. The number of ether oxygens (including phenoxy) is 2. The molecule has 0 saturated carbocycles. The van der Waals surface area contributed by atoms with Crippen LogP contribution in [0.5, 0.6) is 5.75 Å². The van der Waals surface area contributed by atoms with Crippen LogP contribution in [0.4, 0.5) is 0 Å². The van der Waals surface area contributed by atoms with Crippen molar-refractivity contribution in [3.05, 3.63) is 42.0 Å². The average Bonchev–Trinajstić information content (AvgIpc) is 2.47. The zero-order valence-electron chi connectivity index (χ0n) is 13.5. The van der Waals surface area contributed by atoms with E-state index in [4.69, 9.17) is 9.47 Å². The van der Waals surface area contributed by atoms with E-state index < -0.39 is 0 Å². The number of benzene rings is 1. The Labute approximate surface area is 128 Å². The Morgan fingerprint density at radius 2 is 1.86 bits per heavy atom. The van der Waals surface area contributed by atoms with Crippen LogP contribution in [0, 0.1) is 0 Å². The second-order valence-electron chi connectivity index (χ2n) is 6.44. The first-order chi connectivity index (χ1) is 10.1. The highest BCUT2D eigenvalue weighted by molar-refractivity contribution is 5.38. The second kappa shape index (κ2) is 7.62. The third-order valence-electron chi connectivity index (χ3n) is 3.66. The molecule has 1 heterocycles. The highest BCUT2D eigenvalue weighted by Gasteiger charge is 2.17. The number of rotatable bonds is 5. The summed E-state index contributed by atoms with van der Waals surface area (Å²) in [5.74, 6) is 0.987. The van der Waals surface area contributed by atoms with Gasteiger partial charge < -0.3 is 9.47 Å². The van der Waals surface area contributed by atoms with Crippen molar-refractivity contribution in [3.8, 4) is 5.75 Å². The maximum atomic E-state index is 5.92. The third-order valence-corrected chi connectivity index (χ3v) is 3.66. The van der Waals surface area contributed by atoms with E-state index >= 15 is 0 Å². The van der Waals surface area contributed by atoms with Crippen molar-refractivity contribution in [2.45, 2.75) is 26.2 Å². The molecule has 3 nitrogen and oxygen atoms in total. The molecule has 0 N–H and O–H groups in total. The van der Waals surface area contributed by atoms with Crippen LogP contribution in [-0.2, 0) is 10.2 Å². The Kier molecular flexibility index (Phi) is 5.83. The molecule has 0 aliphatic carbocycles. The number of para-hydroxylation sites is 1. The van der Waals surface area contributed by atoms with Crippen molar-refractivity contribution in [1.29, 1.82) is 0 Å². The molecule has 1 fully saturated rings. The van der Waals surface area contributed by atoms with Crippen LogP contribution in [0.1, 0.15) is 26.3 Å². The lowest BCUT2D eigenvalue weighted by Gasteiger charge is -2.25. The molecule has 1 aromatic rings. The summed E-state index contributed by atoms with van der Waals surface area (Å²) in [5.41, 5.74) is 1.36. The van der Waals surface area contributed by atoms with E-state index in [1.165, 1.54) is 5.56 Å². The van der Waals surface area contributed by atoms with E-state index in [1.54, 1.807) is 0 Å².